The Labute approximate surface area is 137 Å². The van der Waals surface area contributed by atoms with Crippen molar-refractivity contribution in [3.63, 3.8) is 0 Å². The molecule has 1 aromatic heterocycles. The molecule has 0 saturated heterocycles. The zero-order valence-electron chi connectivity index (χ0n) is 11.8. The molecule has 1 saturated carbocycles. The zero-order chi connectivity index (χ0) is 13.7. The molecule has 1 heterocycles. The maximum Gasteiger partial charge on any atom is 0.191 e. The molecule has 0 spiro atoms. The lowest BCUT2D eigenvalue weighted by atomic mass is 10.0. The first-order valence-electron chi connectivity index (χ1n) is 6.74. The summed E-state index contributed by atoms with van der Waals surface area (Å²) in [4.78, 5) is 10.7. The molecular weight excluding hydrogens is 367 g/mol. The molecule has 5 nitrogen and oxygen atoms in total. The molecule has 3 N–H and O–H groups in total. The zero-order valence-corrected chi connectivity index (χ0v) is 14.1. The minimum Gasteiger partial charge on any atom is -0.396 e. The Morgan fingerprint density at radius 1 is 1.55 bits per heavy atom. The Kier molecular flexibility index (Phi) is 7.22. The molecule has 112 valence electrons. The number of aliphatic hydroxyl groups excluding tert-OH is 1. The van der Waals surface area contributed by atoms with Gasteiger partial charge in [0, 0.05) is 44.0 Å². The number of aliphatic imine (C=N–C) groups is 1. The molecule has 2 rings (SSSR count). The van der Waals surface area contributed by atoms with Crippen molar-refractivity contribution in [2.75, 3.05) is 20.2 Å². The minimum atomic E-state index is 0. The van der Waals surface area contributed by atoms with Crippen molar-refractivity contribution in [1.29, 1.82) is 0 Å². The van der Waals surface area contributed by atoms with Crippen LogP contribution in [0.15, 0.2) is 29.4 Å². The van der Waals surface area contributed by atoms with Crippen LogP contribution < -0.4 is 5.73 Å². The van der Waals surface area contributed by atoms with Crippen molar-refractivity contribution in [3.05, 3.63) is 30.1 Å². The molecule has 1 fully saturated rings. The highest BCUT2D eigenvalue weighted by Crippen LogP contribution is 2.24. The predicted octanol–water partition coefficient (Wildman–Crippen LogP) is 1.26. The molecule has 1 unspecified atom stereocenters. The number of halogens is 1. The highest BCUT2D eigenvalue weighted by atomic mass is 127. The van der Waals surface area contributed by atoms with E-state index in [-0.39, 0.29) is 36.5 Å². The maximum atomic E-state index is 9.41. The normalized spacial score (nSPS) is 16.4. The van der Waals surface area contributed by atoms with E-state index in [4.69, 9.17) is 5.73 Å². The van der Waals surface area contributed by atoms with Gasteiger partial charge in [-0.15, -0.1) is 24.0 Å². The van der Waals surface area contributed by atoms with E-state index in [0.717, 1.165) is 12.1 Å². The maximum absolute atomic E-state index is 9.41. The van der Waals surface area contributed by atoms with Crippen LogP contribution in [0.5, 0.6) is 0 Å². The molecule has 0 amide bonds. The number of nitrogens with zero attached hydrogens (tertiary/aromatic N) is 3. The van der Waals surface area contributed by atoms with Gasteiger partial charge in [0.15, 0.2) is 5.96 Å². The number of hydrogen-bond acceptors (Lipinski definition) is 3. The van der Waals surface area contributed by atoms with Gasteiger partial charge in [0.05, 0.1) is 0 Å². The Bertz CT molecular complexity index is 422. The molecule has 0 bridgehead atoms. The highest BCUT2D eigenvalue weighted by Gasteiger charge is 2.27. The monoisotopic (exact) mass is 390 g/mol. The summed E-state index contributed by atoms with van der Waals surface area (Å²) in [5, 5.41) is 9.41. The third kappa shape index (κ3) is 5.24. The first-order valence-corrected chi connectivity index (χ1v) is 6.74. The van der Waals surface area contributed by atoms with E-state index < -0.39 is 0 Å². The second kappa shape index (κ2) is 8.41. The standard InChI is InChI=1S/C14H22N4O.HI/c1-18(13-5-6-13)14(15)17-9-11(10-19)8-12-4-2-3-7-16-12;/h2-4,7,11,13,19H,5-6,8-10H2,1H3,(H2,15,17);1H. The number of rotatable bonds is 6. The van der Waals surface area contributed by atoms with E-state index in [2.05, 4.69) is 9.98 Å². The first kappa shape index (κ1) is 17.2. The van der Waals surface area contributed by atoms with Crippen molar-refractivity contribution in [2.24, 2.45) is 16.6 Å². The summed E-state index contributed by atoms with van der Waals surface area (Å²) in [5.74, 6) is 0.642. The summed E-state index contributed by atoms with van der Waals surface area (Å²) in [6, 6.07) is 6.37. The predicted molar refractivity (Wildman–Crippen MR) is 91.2 cm³/mol. The number of aliphatic hydroxyl groups is 1. The van der Waals surface area contributed by atoms with Crippen molar-refractivity contribution < 1.29 is 5.11 Å². The smallest absolute Gasteiger partial charge is 0.191 e. The summed E-state index contributed by atoms with van der Waals surface area (Å²) in [6.45, 7) is 0.635. The molecule has 1 aliphatic rings. The van der Waals surface area contributed by atoms with Crippen LogP contribution in [0.4, 0.5) is 0 Å². The number of hydrogen-bond donors (Lipinski definition) is 2. The third-order valence-electron chi connectivity index (χ3n) is 3.45. The van der Waals surface area contributed by atoms with Gasteiger partial charge in [0.1, 0.15) is 0 Å². The Hall–Kier alpha value is -0.890. The molecule has 1 aliphatic carbocycles. The SMILES string of the molecule is CN(C(N)=NCC(CO)Cc1ccccn1)C1CC1.I. The van der Waals surface area contributed by atoms with Crippen LogP contribution in [0.1, 0.15) is 18.5 Å². The lowest BCUT2D eigenvalue weighted by Crippen LogP contribution is -2.36. The minimum absolute atomic E-state index is 0. The second-order valence-corrected chi connectivity index (χ2v) is 5.11. The largest absolute Gasteiger partial charge is 0.396 e. The average molecular weight is 390 g/mol. The molecule has 0 aromatic carbocycles. The lowest BCUT2D eigenvalue weighted by molar-refractivity contribution is 0.229. The van der Waals surface area contributed by atoms with Crippen molar-refractivity contribution in [1.82, 2.24) is 9.88 Å². The molecular formula is C14H23IN4O. The highest BCUT2D eigenvalue weighted by molar-refractivity contribution is 14.0. The summed E-state index contributed by atoms with van der Waals surface area (Å²) in [5.41, 5.74) is 6.91. The van der Waals surface area contributed by atoms with Crippen LogP contribution in [-0.2, 0) is 6.42 Å². The van der Waals surface area contributed by atoms with Crippen LogP contribution in [0.2, 0.25) is 0 Å². The van der Waals surface area contributed by atoms with Gasteiger partial charge in [0.2, 0.25) is 0 Å². The van der Waals surface area contributed by atoms with Crippen LogP contribution in [0.25, 0.3) is 0 Å². The third-order valence-corrected chi connectivity index (χ3v) is 3.45. The van der Waals surface area contributed by atoms with E-state index in [1.165, 1.54) is 12.8 Å². The lowest BCUT2D eigenvalue weighted by Gasteiger charge is -2.18. The van der Waals surface area contributed by atoms with Crippen LogP contribution in [0.3, 0.4) is 0 Å². The second-order valence-electron chi connectivity index (χ2n) is 5.11. The fraction of sp³-hybridized carbons (Fsp3) is 0.571. The number of aromatic nitrogens is 1. The molecule has 0 radical (unpaired) electrons. The average Bonchev–Trinajstić information content (AvgIpc) is 3.27. The fourth-order valence-electron chi connectivity index (χ4n) is 1.98. The molecule has 20 heavy (non-hydrogen) atoms. The van der Waals surface area contributed by atoms with E-state index in [1.54, 1.807) is 6.20 Å². The van der Waals surface area contributed by atoms with Crippen LogP contribution in [-0.4, -0.2) is 47.2 Å². The molecule has 0 aliphatic heterocycles. The molecule has 1 atom stereocenters. The Morgan fingerprint density at radius 2 is 2.30 bits per heavy atom. The number of pyridine rings is 1. The van der Waals surface area contributed by atoms with Gasteiger partial charge in [-0.05, 0) is 31.4 Å². The quantitative estimate of drug-likeness (QED) is 0.436. The number of guanidine groups is 1. The Balaban J connectivity index is 0.00000200. The Morgan fingerprint density at radius 3 is 2.85 bits per heavy atom. The summed E-state index contributed by atoms with van der Waals surface area (Å²) in [7, 11) is 1.98. The topological polar surface area (TPSA) is 74.7 Å². The summed E-state index contributed by atoms with van der Waals surface area (Å²) < 4.78 is 0. The summed E-state index contributed by atoms with van der Waals surface area (Å²) in [6.07, 6.45) is 4.89. The van der Waals surface area contributed by atoms with Gasteiger partial charge in [-0.3, -0.25) is 9.98 Å². The van der Waals surface area contributed by atoms with Crippen molar-refractivity contribution in [3.8, 4) is 0 Å². The first-order chi connectivity index (χ1) is 9.20. The fourth-order valence-corrected chi connectivity index (χ4v) is 1.98. The van der Waals surface area contributed by atoms with Crippen molar-refractivity contribution in [2.45, 2.75) is 25.3 Å². The van der Waals surface area contributed by atoms with Crippen molar-refractivity contribution >= 4 is 29.9 Å². The van der Waals surface area contributed by atoms with E-state index >= 15 is 0 Å². The molecule has 6 heteroatoms. The van der Waals surface area contributed by atoms with E-state index in [9.17, 15) is 5.11 Å². The van der Waals surface area contributed by atoms with Gasteiger partial charge >= 0.3 is 0 Å². The van der Waals surface area contributed by atoms with Gasteiger partial charge in [-0.1, -0.05) is 6.07 Å². The van der Waals surface area contributed by atoms with Gasteiger partial charge in [-0.2, -0.15) is 0 Å². The van der Waals surface area contributed by atoms with Crippen LogP contribution >= 0.6 is 24.0 Å². The summed E-state index contributed by atoms with van der Waals surface area (Å²) >= 11 is 0. The molecule has 1 aromatic rings. The van der Waals surface area contributed by atoms with Crippen LogP contribution in [0, 0.1) is 5.92 Å². The van der Waals surface area contributed by atoms with E-state index in [0.29, 0.717) is 18.5 Å². The number of nitrogens with two attached hydrogens (primary N) is 1. The van der Waals surface area contributed by atoms with E-state index in [1.807, 2.05) is 30.1 Å². The van der Waals surface area contributed by atoms with Gasteiger partial charge in [-0.25, -0.2) is 0 Å². The van der Waals surface area contributed by atoms with Gasteiger partial charge < -0.3 is 15.7 Å². The van der Waals surface area contributed by atoms with Gasteiger partial charge in [0.25, 0.3) is 0 Å².